The van der Waals surface area contributed by atoms with Crippen molar-refractivity contribution >= 4 is 56.8 Å². The molecule has 0 aliphatic carbocycles. The Morgan fingerprint density at radius 2 is 1.00 bits per heavy atom. The van der Waals surface area contributed by atoms with Gasteiger partial charge in [-0.1, -0.05) is 197 Å². The highest BCUT2D eigenvalue weighted by molar-refractivity contribution is 6.72. The average Bonchev–Trinajstić information content (AvgIpc) is 3.90. The highest BCUT2D eigenvalue weighted by Crippen LogP contribution is 2.42. The van der Waals surface area contributed by atoms with Gasteiger partial charge in [0.2, 0.25) is 6.33 Å². The molecular formula is C58H44BN5. The predicted molar refractivity (Wildman–Crippen MR) is 265 cm³/mol. The van der Waals surface area contributed by atoms with Crippen molar-refractivity contribution in [2.24, 2.45) is 0 Å². The molecule has 0 atom stereocenters. The van der Waals surface area contributed by atoms with Gasteiger partial charge in [0.1, 0.15) is 11.6 Å². The van der Waals surface area contributed by atoms with Crippen molar-refractivity contribution in [3.63, 3.8) is 0 Å². The van der Waals surface area contributed by atoms with E-state index in [4.69, 9.17) is 4.98 Å². The Bertz CT molecular complexity index is 3510. The Kier molecular flexibility index (Phi) is 8.77. The molecule has 6 heteroatoms. The topological polar surface area (TPSA) is 29.9 Å². The van der Waals surface area contributed by atoms with Gasteiger partial charge in [0, 0.05) is 21.9 Å². The molecule has 64 heavy (non-hydrogen) atoms. The number of imidazole rings is 1. The molecule has 0 N–H and O–H groups in total. The number of benzene rings is 8. The fourth-order valence-corrected chi connectivity index (χ4v) is 9.94. The first-order chi connectivity index (χ1) is 31.4. The molecule has 4 heterocycles. The van der Waals surface area contributed by atoms with Crippen molar-refractivity contribution in [1.29, 1.82) is 0 Å². The van der Waals surface area contributed by atoms with Crippen LogP contribution in [-0.4, -0.2) is 21.1 Å². The molecule has 12 rings (SSSR count). The fraction of sp³-hybridized carbons (Fsp3) is 0.0690. The van der Waals surface area contributed by atoms with Crippen molar-refractivity contribution < 1.29 is 4.48 Å². The minimum absolute atomic E-state index is 0.208. The molecule has 1 aliphatic rings. The van der Waals surface area contributed by atoms with E-state index < -0.39 is 6.98 Å². The van der Waals surface area contributed by atoms with Gasteiger partial charge in [-0.3, -0.25) is 4.57 Å². The summed E-state index contributed by atoms with van der Waals surface area (Å²) >= 11 is 0. The number of anilines is 2. The largest absolute Gasteiger partial charge is 0.525 e. The summed E-state index contributed by atoms with van der Waals surface area (Å²) in [6, 6.07) is 76.8. The minimum Gasteiger partial charge on any atom is -0.354 e. The van der Waals surface area contributed by atoms with Crippen LogP contribution in [0.3, 0.4) is 0 Å². The maximum absolute atomic E-state index is 5.83. The van der Waals surface area contributed by atoms with Crippen molar-refractivity contribution in [2.75, 3.05) is 4.81 Å². The lowest BCUT2D eigenvalue weighted by Crippen LogP contribution is -2.68. The minimum atomic E-state index is -0.473. The summed E-state index contributed by atoms with van der Waals surface area (Å²) in [6.45, 7) is 6.41. The molecular weight excluding hydrogens is 777 g/mol. The summed E-state index contributed by atoms with van der Waals surface area (Å²) in [5, 5.41) is 2.41. The zero-order valence-electron chi connectivity index (χ0n) is 36.0. The zero-order valence-corrected chi connectivity index (χ0v) is 36.0. The second-order valence-corrected chi connectivity index (χ2v) is 17.8. The van der Waals surface area contributed by atoms with Gasteiger partial charge in [-0.05, 0) is 80.8 Å². The standard InChI is InChI=1S/C58H44BN5/c1-58(2,3)40-37-55(63-52-34-18-15-30-48(52)49-31-16-19-35-53(49)63)60-56(38-40)64(42-23-8-5-9-24-42)59-51-33-17-14-29-47(51)45-27-12-10-25-43(45)44-26-11-13-28-46(44)50-32-20-36-54-57(50)62(59)39-61(54)41-21-6-4-7-22-41/h4-38H,1-3H3. The molecule has 0 radical (unpaired) electrons. The normalized spacial score (nSPS) is 12.3. The van der Waals surface area contributed by atoms with Gasteiger partial charge in [-0.15, -0.1) is 0 Å². The number of hydrogen-bond donors (Lipinski definition) is 0. The zero-order chi connectivity index (χ0) is 42.9. The number of nitrogens with zero attached hydrogens (tertiary/aromatic N) is 5. The Hall–Kier alpha value is -7.96. The van der Waals surface area contributed by atoms with Gasteiger partial charge < -0.3 is 13.9 Å². The molecule has 11 aromatic rings. The molecule has 3 aromatic heterocycles. The first-order valence-electron chi connectivity index (χ1n) is 22.1. The number of aromatic nitrogens is 4. The van der Waals surface area contributed by atoms with Gasteiger partial charge in [0.15, 0.2) is 0 Å². The number of hydrogen-bond acceptors (Lipinski definition) is 2. The number of pyridine rings is 1. The van der Waals surface area contributed by atoms with Crippen LogP contribution in [0, 0.1) is 6.33 Å². The van der Waals surface area contributed by atoms with E-state index in [9.17, 15) is 0 Å². The quantitative estimate of drug-likeness (QED) is 0.128. The molecule has 0 saturated carbocycles. The van der Waals surface area contributed by atoms with Crippen LogP contribution in [0.2, 0.25) is 0 Å². The van der Waals surface area contributed by atoms with E-state index in [2.05, 4.69) is 258 Å². The highest BCUT2D eigenvalue weighted by Gasteiger charge is 2.41. The summed E-state index contributed by atoms with van der Waals surface area (Å²) in [7, 11) is 0. The molecule has 1 aliphatic heterocycles. The van der Waals surface area contributed by atoms with E-state index in [0.717, 1.165) is 61.7 Å². The van der Waals surface area contributed by atoms with E-state index in [0.29, 0.717) is 0 Å². The molecule has 8 aromatic carbocycles. The Morgan fingerprint density at radius 3 is 1.64 bits per heavy atom. The molecule has 0 spiro atoms. The van der Waals surface area contributed by atoms with E-state index in [1.54, 1.807) is 0 Å². The van der Waals surface area contributed by atoms with Crippen LogP contribution >= 0.6 is 0 Å². The van der Waals surface area contributed by atoms with Gasteiger partial charge in [0.05, 0.1) is 27.8 Å². The van der Waals surface area contributed by atoms with Crippen LogP contribution in [0.4, 0.5) is 11.5 Å². The third-order valence-electron chi connectivity index (χ3n) is 12.9. The molecule has 5 nitrogen and oxygen atoms in total. The fourth-order valence-electron chi connectivity index (χ4n) is 9.94. The van der Waals surface area contributed by atoms with E-state index in [-0.39, 0.29) is 5.41 Å². The average molecular weight is 822 g/mol. The lowest BCUT2D eigenvalue weighted by atomic mass is 9.61. The molecule has 0 amide bonds. The lowest BCUT2D eigenvalue weighted by Gasteiger charge is -2.33. The number of para-hydroxylation sites is 5. The smallest absolute Gasteiger partial charge is 0.354 e. The second-order valence-electron chi connectivity index (χ2n) is 17.8. The molecule has 0 unspecified atom stereocenters. The van der Waals surface area contributed by atoms with Crippen molar-refractivity contribution in [3.05, 3.63) is 224 Å². The summed E-state index contributed by atoms with van der Waals surface area (Å²) < 4.78 is 6.97. The SMILES string of the molecule is CC(C)(C)c1cc(N(B2c3ccccc3-c3ccccc3-c3ccccc3-c3cccc4c3[n+]2[c-]n4-c2ccccc2)c2ccccc2)nc(-n2c3ccccc3c3ccccc32)c1. The van der Waals surface area contributed by atoms with Crippen LogP contribution in [0.15, 0.2) is 212 Å². The molecule has 304 valence electrons. The number of rotatable bonds is 5. The van der Waals surface area contributed by atoms with Crippen LogP contribution in [-0.2, 0) is 5.41 Å². The summed E-state index contributed by atoms with van der Waals surface area (Å²) in [5.74, 6) is 1.70. The van der Waals surface area contributed by atoms with Crippen molar-refractivity contribution in [3.8, 4) is 44.9 Å². The molecule has 0 fully saturated rings. The van der Waals surface area contributed by atoms with Gasteiger partial charge in [0.25, 0.3) is 0 Å². The van der Waals surface area contributed by atoms with Crippen LogP contribution in [0.5, 0.6) is 0 Å². The van der Waals surface area contributed by atoms with Gasteiger partial charge in [-0.2, -0.15) is 0 Å². The third kappa shape index (κ3) is 6.01. The highest BCUT2D eigenvalue weighted by atomic mass is 15.3. The van der Waals surface area contributed by atoms with Crippen molar-refractivity contribution in [1.82, 2.24) is 14.1 Å². The summed E-state index contributed by atoms with van der Waals surface area (Å²) in [6.07, 6.45) is 4.02. The Morgan fingerprint density at radius 1 is 0.500 bits per heavy atom. The Labute approximate surface area is 373 Å². The van der Waals surface area contributed by atoms with Crippen LogP contribution in [0.25, 0.3) is 77.7 Å². The summed E-state index contributed by atoms with van der Waals surface area (Å²) in [4.78, 5) is 8.28. The van der Waals surface area contributed by atoms with Crippen LogP contribution < -0.4 is 14.8 Å². The summed E-state index contributed by atoms with van der Waals surface area (Å²) in [5.41, 5.74) is 15.5. The predicted octanol–water partition coefficient (Wildman–Crippen LogP) is 12.9. The van der Waals surface area contributed by atoms with Gasteiger partial charge in [-0.25, -0.2) is 4.98 Å². The third-order valence-corrected chi connectivity index (χ3v) is 12.9. The Balaban J connectivity index is 1.25. The van der Waals surface area contributed by atoms with Crippen molar-refractivity contribution in [2.45, 2.75) is 26.2 Å². The van der Waals surface area contributed by atoms with E-state index >= 15 is 0 Å². The molecule has 0 bridgehead atoms. The van der Waals surface area contributed by atoms with E-state index in [1.807, 2.05) is 0 Å². The maximum Gasteiger partial charge on any atom is 0.525 e. The lowest BCUT2D eigenvalue weighted by molar-refractivity contribution is -0.511. The second kappa shape index (κ2) is 14.9. The first kappa shape index (κ1) is 37.8. The van der Waals surface area contributed by atoms with Gasteiger partial charge >= 0.3 is 6.98 Å². The number of fused-ring (bicyclic) bond motifs is 9. The first-order valence-corrected chi connectivity index (χ1v) is 22.1. The maximum atomic E-state index is 5.83. The van der Waals surface area contributed by atoms with Crippen LogP contribution in [0.1, 0.15) is 26.3 Å². The molecule has 0 saturated heterocycles. The van der Waals surface area contributed by atoms with E-state index in [1.165, 1.54) is 38.6 Å². The monoisotopic (exact) mass is 821 g/mol.